The van der Waals surface area contributed by atoms with Gasteiger partial charge in [0.05, 0.1) is 17.4 Å². The minimum atomic E-state index is -0.235. The molecule has 0 saturated carbocycles. The van der Waals surface area contributed by atoms with Gasteiger partial charge in [0.2, 0.25) is 0 Å². The summed E-state index contributed by atoms with van der Waals surface area (Å²) in [7, 11) is 0. The van der Waals surface area contributed by atoms with E-state index in [0.717, 1.165) is 28.4 Å². The number of benzene rings is 2. The number of fused-ring (bicyclic) bond motifs is 1. The summed E-state index contributed by atoms with van der Waals surface area (Å²) in [5.74, 6) is 0.731. The molecule has 5 heteroatoms. The SMILES string of the molecule is C=C1Nc2ccc(NC(=O)N[C@H](C)c3ccccc3)cc2N1. The number of hydrogen-bond acceptors (Lipinski definition) is 3. The van der Waals surface area contributed by atoms with Crippen LogP contribution >= 0.6 is 0 Å². The van der Waals surface area contributed by atoms with E-state index in [-0.39, 0.29) is 12.1 Å². The van der Waals surface area contributed by atoms with Crippen molar-refractivity contribution < 1.29 is 4.79 Å². The minimum absolute atomic E-state index is 0.0600. The number of anilines is 3. The predicted octanol–water partition coefficient (Wildman–Crippen LogP) is 3.88. The summed E-state index contributed by atoms with van der Waals surface area (Å²) in [5, 5.41) is 12.0. The van der Waals surface area contributed by atoms with Crippen LogP contribution < -0.4 is 21.3 Å². The normalized spacial score (nSPS) is 13.6. The van der Waals surface area contributed by atoms with Crippen LogP contribution in [0.1, 0.15) is 18.5 Å². The van der Waals surface area contributed by atoms with Crippen LogP contribution in [0.2, 0.25) is 0 Å². The zero-order chi connectivity index (χ0) is 15.5. The van der Waals surface area contributed by atoms with Gasteiger partial charge in [-0.15, -0.1) is 0 Å². The number of carbonyl (C=O) groups excluding carboxylic acids is 1. The molecule has 0 fully saturated rings. The van der Waals surface area contributed by atoms with Gasteiger partial charge in [0.25, 0.3) is 0 Å². The van der Waals surface area contributed by atoms with Crippen molar-refractivity contribution in [2.45, 2.75) is 13.0 Å². The van der Waals surface area contributed by atoms with Crippen LogP contribution in [-0.4, -0.2) is 6.03 Å². The van der Waals surface area contributed by atoms with E-state index in [1.165, 1.54) is 0 Å². The summed E-state index contributed by atoms with van der Waals surface area (Å²) in [6.45, 7) is 5.76. The van der Waals surface area contributed by atoms with Crippen molar-refractivity contribution in [2.24, 2.45) is 0 Å². The first-order chi connectivity index (χ1) is 10.6. The molecule has 3 rings (SSSR count). The Kier molecular flexibility index (Phi) is 3.70. The number of amides is 2. The maximum absolute atomic E-state index is 12.1. The van der Waals surface area contributed by atoms with Gasteiger partial charge in [-0.3, -0.25) is 0 Å². The summed E-state index contributed by atoms with van der Waals surface area (Å²) in [5.41, 5.74) is 3.64. The fraction of sp³-hybridized carbons (Fsp3) is 0.118. The zero-order valence-corrected chi connectivity index (χ0v) is 12.3. The Balaban J connectivity index is 1.63. The lowest BCUT2D eigenvalue weighted by Gasteiger charge is -2.15. The molecule has 1 aliphatic heterocycles. The zero-order valence-electron chi connectivity index (χ0n) is 12.3. The van der Waals surface area contributed by atoms with Crippen LogP contribution in [0.4, 0.5) is 21.9 Å². The topological polar surface area (TPSA) is 65.2 Å². The highest BCUT2D eigenvalue weighted by Gasteiger charge is 2.14. The average Bonchev–Trinajstić information content (AvgIpc) is 2.87. The number of nitrogens with one attached hydrogen (secondary N) is 4. The highest BCUT2D eigenvalue weighted by molar-refractivity contribution is 5.92. The molecule has 0 aromatic heterocycles. The second kappa shape index (κ2) is 5.81. The van der Waals surface area contributed by atoms with Gasteiger partial charge in [0.1, 0.15) is 5.82 Å². The Morgan fingerprint density at radius 3 is 2.59 bits per heavy atom. The molecule has 112 valence electrons. The third-order valence-corrected chi connectivity index (χ3v) is 3.50. The third kappa shape index (κ3) is 3.03. The summed E-state index contributed by atoms with van der Waals surface area (Å²) >= 11 is 0. The van der Waals surface area contributed by atoms with E-state index in [0.29, 0.717) is 0 Å². The number of carbonyl (C=O) groups is 1. The molecule has 1 aliphatic rings. The number of rotatable bonds is 3. The Morgan fingerprint density at radius 1 is 1.09 bits per heavy atom. The first-order valence-electron chi connectivity index (χ1n) is 7.11. The van der Waals surface area contributed by atoms with Gasteiger partial charge in [0, 0.05) is 5.69 Å². The highest BCUT2D eigenvalue weighted by atomic mass is 16.2. The first-order valence-corrected chi connectivity index (χ1v) is 7.11. The van der Waals surface area contributed by atoms with E-state index < -0.39 is 0 Å². The molecule has 2 amide bonds. The van der Waals surface area contributed by atoms with Crippen LogP contribution in [-0.2, 0) is 0 Å². The van der Waals surface area contributed by atoms with Crippen LogP contribution in [0.3, 0.4) is 0 Å². The summed E-state index contributed by atoms with van der Waals surface area (Å²) in [6.07, 6.45) is 0. The van der Waals surface area contributed by atoms with Crippen molar-refractivity contribution in [3.05, 3.63) is 66.5 Å². The van der Waals surface area contributed by atoms with Crippen LogP contribution in [0.25, 0.3) is 0 Å². The monoisotopic (exact) mass is 294 g/mol. The van der Waals surface area contributed by atoms with Crippen molar-refractivity contribution in [1.82, 2.24) is 5.32 Å². The Labute approximate surface area is 129 Å². The van der Waals surface area contributed by atoms with E-state index in [9.17, 15) is 4.79 Å². The first kappa shape index (κ1) is 14.0. The van der Waals surface area contributed by atoms with Crippen molar-refractivity contribution in [1.29, 1.82) is 0 Å². The Hall–Kier alpha value is -2.95. The minimum Gasteiger partial charge on any atom is -0.341 e. The standard InChI is InChI=1S/C17H18N4O/c1-11(13-6-4-3-5-7-13)18-17(22)21-14-8-9-15-16(10-14)20-12(2)19-15/h3-11,19-20H,2H2,1H3,(H2,18,21,22)/t11-/m1/s1. The summed E-state index contributed by atoms with van der Waals surface area (Å²) in [4.78, 5) is 12.1. The van der Waals surface area contributed by atoms with Gasteiger partial charge in [-0.2, -0.15) is 0 Å². The largest absolute Gasteiger partial charge is 0.341 e. The molecule has 22 heavy (non-hydrogen) atoms. The van der Waals surface area contributed by atoms with Crippen molar-refractivity contribution >= 4 is 23.1 Å². The lowest BCUT2D eigenvalue weighted by molar-refractivity contribution is 0.249. The van der Waals surface area contributed by atoms with Crippen LogP contribution in [0, 0.1) is 0 Å². The third-order valence-electron chi connectivity index (χ3n) is 3.50. The fourth-order valence-corrected chi connectivity index (χ4v) is 2.38. The van der Waals surface area contributed by atoms with Crippen molar-refractivity contribution in [3.63, 3.8) is 0 Å². The number of urea groups is 1. The van der Waals surface area contributed by atoms with Crippen molar-refractivity contribution in [2.75, 3.05) is 16.0 Å². The molecule has 5 nitrogen and oxygen atoms in total. The van der Waals surface area contributed by atoms with E-state index in [1.54, 1.807) is 0 Å². The van der Waals surface area contributed by atoms with Gasteiger partial charge < -0.3 is 21.3 Å². The molecule has 4 N–H and O–H groups in total. The molecule has 2 aromatic carbocycles. The molecule has 0 bridgehead atoms. The molecule has 0 unspecified atom stereocenters. The second-order valence-electron chi connectivity index (χ2n) is 5.22. The van der Waals surface area contributed by atoms with Gasteiger partial charge in [-0.1, -0.05) is 36.9 Å². The lowest BCUT2D eigenvalue weighted by Crippen LogP contribution is -2.31. The maximum Gasteiger partial charge on any atom is 0.319 e. The molecule has 1 atom stereocenters. The summed E-state index contributed by atoms with van der Waals surface area (Å²) in [6, 6.07) is 15.2. The molecule has 0 radical (unpaired) electrons. The second-order valence-corrected chi connectivity index (χ2v) is 5.22. The van der Waals surface area contributed by atoms with E-state index in [4.69, 9.17) is 0 Å². The fourth-order valence-electron chi connectivity index (χ4n) is 2.38. The molecule has 0 spiro atoms. The van der Waals surface area contributed by atoms with Gasteiger partial charge in [-0.25, -0.2) is 4.79 Å². The van der Waals surface area contributed by atoms with E-state index in [2.05, 4.69) is 27.8 Å². The highest BCUT2D eigenvalue weighted by Crippen LogP contribution is 2.32. The smallest absolute Gasteiger partial charge is 0.319 e. The lowest BCUT2D eigenvalue weighted by atomic mass is 10.1. The van der Waals surface area contributed by atoms with E-state index in [1.807, 2.05) is 55.5 Å². The molecular weight excluding hydrogens is 276 g/mol. The van der Waals surface area contributed by atoms with Crippen LogP contribution in [0.5, 0.6) is 0 Å². The molecule has 2 aromatic rings. The van der Waals surface area contributed by atoms with Gasteiger partial charge >= 0.3 is 6.03 Å². The van der Waals surface area contributed by atoms with Crippen LogP contribution in [0.15, 0.2) is 60.9 Å². The molecule has 1 heterocycles. The quantitative estimate of drug-likeness (QED) is 0.694. The maximum atomic E-state index is 12.1. The summed E-state index contributed by atoms with van der Waals surface area (Å²) < 4.78 is 0. The predicted molar refractivity (Wildman–Crippen MR) is 89.8 cm³/mol. The van der Waals surface area contributed by atoms with E-state index >= 15 is 0 Å². The average molecular weight is 294 g/mol. The van der Waals surface area contributed by atoms with Gasteiger partial charge in [0.15, 0.2) is 0 Å². The number of hydrogen-bond donors (Lipinski definition) is 4. The Morgan fingerprint density at radius 2 is 1.82 bits per heavy atom. The molecule has 0 aliphatic carbocycles. The van der Waals surface area contributed by atoms with Gasteiger partial charge in [-0.05, 0) is 30.7 Å². The Bertz CT molecular complexity index is 712. The van der Waals surface area contributed by atoms with Crippen molar-refractivity contribution in [3.8, 4) is 0 Å². The molecule has 0 saturated heterocycles. The molecular formula is C17H18N4O.